The molecule has 0 N–H and O–H groups in total. The first-order chi connectivity index (χ1) is 10.3. The SMILES string of the molecule is CCOC(=O)c1nnc(SCc2cn3cccnc3n2)o1. The van der Waals surface area contributed by atoms with Crippen LogP contribution >= 0.6 is 11.8 Å². The van der Waals surface area contributed by atoms with Crippen molar-refractivity contribution in [1.82, 2.24) is 24.6 Å². The molecule has 0 unspecified atom stereocenters. The van der Waals surface area contributed by atoms with E-state index in [0.717, 1.165) is 5.69 Å². The van der Waals surface area contributed by atoms with Crippen LogP contribution < -0.4 is 0 Å². The molecule has 0 aromatic carbocycles. The first kappa shape index (κ1) is 13.6. The zero-order chi connectivity index (χ0) is 14.7. The number of carbonyl (C=O) groups is 1. The molecule has 3 aromatic heterocycles. The van der Waals surface area contributed by atoms with Gasteiger partial charge in [0.15, 0.2) is 0 Å². The molecule has 0 aliphatic carbocycles. The maximum atomic E-state index is 11.4. The topological polar surface area (TPSA) is 95.4 Å². The molecular weight excluding hydrogens is 294 g/mol. The molecule has 108 valence electrons. The van der Waals surface area contributed by atoms with Crippen LogP contribution in [-0.2, 0) is 10.5 Å². The summed E-state index contributed by atoms with van der Waals surface area (Å²) in [7, 11) is 0. The van der Waals surface area contributed by atoms with Gasteiger partial charge in [-0.25, -0.2) is 14.8 Å². The van der Waals surface area contributed by atoms with Gasteiger partial charge in [-0.2, -0.15) is 0 Å². The summed E-state index contributed by atoms with van der Waals surface area (Å²) in [6.07, 6.45) is 5.43. The second kappa shape index (κ2) is 5.92. The molecule has 0 atom stereocenters. The van der Waals surface area contributed by atoms with E-state index in [1.807, 2.05) is 22.9 Å². The van der Waals surface area contributed by atoms with Crippen LogP contribution in [0.1, 0.15) is 23.3 Å². The zero-order valence-corrected chi connectivity index (χ0v) is 11.9. The lowest BCUT2D eigenvalue weighted by molar-refractivity contribution is 0.0475. The number of carbonyl (C=O) groups excluding carboxylic acids is 1. The molecule has 0 spiro atoms. The van der Waals surface area contributed by atoms with Gasteiger partial charge in [-0.15, -0.1) is 5.10 Å². The Morgan fingerprint density at radius 3 is 3.19 bits per heavy atom. The van der Waals surface area contributed by atoms with Gasteiger partial charge in [0.25, 0.3) is 5.22 Å². The van der Waals surface area contributed by atoms with Crippen molar-refractivity contribution < 1.29 is 13.9 Å². The lowest BCUT2D eigenvalue weighted by Crippen LogP contribution is -2.04. The second-order valence-corrected chi connectivity index (χ2v) is 4.87. The fourth-order valence-corrected chi connectivity index (χ4v) is 2.27. The largest absolute Gasteiger partial charge is 0.459 e. The summed E-state index contributed by atoms with van der Waals surface area (Å²) >= 11 is 1.29. The highest BCUT2D eigenvalue weighted by molar-refractivity contribution is 7.98. The molecule has 0 bridgehead atoms. The summed E-state index contributed by atoms with van der Waals surface area (Å²) < 4.78 is 11.8. The molecule has 9 heteroatoms. The molecule has 0 radical (unpaired) electrons. The van der Waals surface area contributed by atoms with Gasteiger partial charge < -0.3 is 9.15 Å². The minimum Gasteiger partial charge on any atom is -0.459 e. The van der Waals surface area contributed by atoms with Crippen molar-refractivity contribution in [3.05, 3.63) is 36.2 Å². The minimum atomic E-state index is -0.617. The van der Waals surface area contributed by atoms with E-state index in [1.54, 1.807) is 13.1 Å². The summed E-state index contributed by atoms with van der Waals surface area (Å²) in [5, 5.41) is 7.72. The Kier molecular flexibility index (Phi) is 3.82. The number of thioether (sulfide) groups is 1. The van der Waals surface area contributed by atoms with Crippen LogP contribution in [0.5, 0.6) is 0 Å². The van der Waals surface area contributed by atoms with E-state index in [9.17, 15) is 4.79 Å². The number of imidazole rings is 1. The number of nitrogens with zero attached hydrogens (tertiary/aromatic N) is 5. The Balaban J connectivity index is 1.66. The highest BCUT2D eigenvalue weighted by Gasteiger charge is 2.16. The van der Waals surface area contributed by atoms with E-state index in [-0.39, 0.29) is 12.5 Å². The Morgan fingerprint density at radius 1 is 1.48 bits per heavy atom. The molecule has 3 rings (SSSR count). The fourth-order valence-electron chi connectivity index (χ4n) is 1.63. The summed E-state index contributed by atoms with van der Waals surface area (Å²) in [6.45, 7) is 1.97. The Bertz CT molecular complexity index is 736. The predicted molar refractivity (Wildman–Crippen MR) is 72.8 cm³/mol. The van der Waals surface area contributed by atoms with Gasteiger partial charge in [-0.1, -0.05) is 16.9 Å². The zero-order valence-electron chi connectivity index (χ0n) is 11.1. The number of aromatic nitrogens is 5. The molecular formula is C12H11N5O3S. The molecule has 0 amide bonds. The molecule has 3 heterocycles. The molecule has 8 nitrogen and oxygen atoms in total. The molecule has 0 saturated carbocycles. The average Bonchev–Trinajstić information content (AvgIpc) is 3.11. The monoisotopic (exact) mass is 305 g/mol. The molecule has 0 aliphatic rings. The highest BCUT2D eigenvalue weighted by Crippen LogP contribution is 2.21. The molecule has 21 heavy (non-hydrogen) atoms. The first-order valence-corrected chi connectivity index (χ1v) is 7.17. The van der Waals surface area contributed by atoms with Gasteiger partial charge in [-0.3, -0.25) is 4.40 Å². The van der Waals surface area contributed by atoms with Crippen LogP contribution in [0.25, 0.3) is 5.78 Å². The van der Waals surface area contributed by atoms with Crippen LogP contribution in [-0.4, -0.2) is 37.1 Å². The maximum Gasteiger partial charge on any atom is 0.396 e. The summed E-state index contributed by atoms with van der Waals surface area (Å²) in [6, 6.07) is 1.83. The molecule has 0 fully saturated rings. The molecule has 0 saturated heterocycles. The Hall–Kier alpha value is -2.42. The summed E-state index contributed by atoms with van der Waals surface area (Å²) in [4.78, 5) is 19.9. The van der Waals surface area contributed by atoms with Crippen LogP contribution in [0.2, 0.25) is 0 Å². The third-order valence-corrected chi connectivity index (χ3v) is 3.34. The Labute approximate surface area is 123 Å². The number of fused-ring (bicyclic) bond motifs is 1. The highest BCUT2D eigenvalue weighted by atomic mass is 32.2. The predicted octanol–water partition coefficient (Wildman–Crippen LogP) is 1.58. The van der Waals surface area contributed by atoms with Crippen LogP contribution in [0.15, 0.2) is 34.3 Å². The summed E-state index contributed by atoms with van der Waals surface area (Å²) in [5.41, 5.74) is 0.828. The smallest absolute Gasteiger partial charge is 0.396 e. The third-order valence-electron chi connectivity index (χ3n) is 2.49. The van der Waals surface area contributed by atoms with Crippen molar-refractivity contribution in [2.75, 3.05) is 6.61 Å². The van der Waals surface area contributed by atoms with Crippen LogP contribution in [0.3, 0.4) is 0 Å². The molecule has 0 aliphatic heterocycles. The van der Waals surface area contributed by atoms with Crippen molar-refractivity contribution in [3.8, 4) is 0 Å². The number of ether oxygens (including phenoxy) is 1. The third kappa shape index (κ3) is 3.02. The van der Waals surface area contributed by atoms with E-state index in [2.05, 4.69) is 20.2 Å². The van der Waals surface area contributed by atoms with Crippen molar-refractivity contribution in [3.63, 3.8) is 0 Å². The number of hydrogen-bond donors (Lipinski definition) is 0. The van der Waals surface area contributed by atoms with E-state index >= 15 is 0 Å². The number of hydrogen-bond acceptors (Lipinski definition) is 8. The molecule has 3 aromatic rings. The lowest BCUT2D eigenvalue weighted by Gasteiger charge is -1.94. The Morgan fingerprint density at radius 2 is 2.38 bits per heavy atom. The van der Waals surface area contributed by atoms with Gasteiger partial charge in [0.1, 0.15) is 0 Å². The van der Waals surface area contributed by atoms with Crippen LogP contribution in [0.4, 0.5) is 0 Å². The van der Waals surface area contributed by atoms with Crippen molar-refractivity contribution >= 4 is 23.5 Å². The quantitative estimate of drug-likeness (QED) is 0.518. The standard InChI is InChI=1S/C12H11N5O3S/c1-2-19-10(18)9-15-16-12(20-9)21-7-8-6-17-5-3-4-13-11(17)14-8/h3-6H,2,7H2,1H3. The van der Waals surface area contributed by atoms with Gasteiger partial charge in [0, 0.05) is 24.3 Å². The number of esters is 1. The van der Waals surface area contributed by atoms with E-state index in [0.29, 0.717) is 16.8 Å². The van der Waals surface area contributed by atoms with E-state index in [4.69, 9.17) is 9.15 Å². The first-order valence-electron chi connectivity index (χ1n) is 6.18. The van der Waals surface area contributed by atoms with Crippen molar-refractivity contribution in [2.45, 2.75) is 17.9 Å². The average molecular weight is 305 g/mol. The number of rotatable bonds is 5. The minimum absolute atomic E-state index is 0.143. The van der Waals surface area contributed by atoms with Gasteiger partial charge in [-0.05, 0) is 13.0 Å². The normalized spacial score (nSPS) is 10.9. The lowest BCUT2D eigenvalue weighted by atomic mass is 10.6. The fraction of sp³-hybridized carbons (Fsp3) is 0.250. The van der Waals surface area contributed by atoms with Gasteiger partial charge in [0.2, 0.25) is 5.78 Å². The summed E-state index contributed by atoms with van der Waals surface area (Å²) in [5.74, 6) is 0.406. The van der Waals surface area contributed by atoms with Crippen LogP contribution in [0, 0.1) is 0 Å². The van der Waals surface area contributed by atoms with E-state index < -0.39 is 5.97 Å². The van der Waals surface area contributed by atoms with E-state index in [1.165, 1.54) is 11.8 Å². The van der Waals surface area contributed by atoms with Gasteiger partial charge in [0.05, 0.1) is 12.3 Å². The second-order valence-electron chi connectivity index (χ2n) is 3.94. The van der Waals surface area contributed by atoms with Crippen molar-refractivity contribution in [1.29, 1.82) is 0 Å². The van der Waals surface area contributed by atoms with Gasteiger partial charge >= 0.3 is 11.9 Å². The van der Waals surface area contributed by atoms with Crippen molar-refractivity contribution in [2.24, 2.45) is 0 Å². The maximum absolute atomic E-state index is 11.4.